The third-order valence-electron chi connectivity index (χ3n) is 2.96. The smallest absolute Gasteiger partial charge is 0.343 e. The molecule has 2 aromatic rings. The molecule has 0 aliphatic carbocycles. The summed E-state index contributed by atoms with van der Waals surface area (Å²) < 4.78 is 9.73. The summed E-state index contributed by atoms with van der Waals surface area (Å²) >= 11 is 0. The van der Waals surface area contributed by atoms with Gasteiger partial charge in [0.25, 0.3) is 0 Å². The number of pyridine rings is 1. The van der Waals surface area contributed by atoms with Crippen molar-refractivity contribution in [3.8, 4) is 11.3 Å². The lowest BCUT2D eigenvalue weighted by molar-refractivity contribution is 0.0598. The number of allylic oxidation sites excluding steroid dienone is 1. The van der Waals surface area contributed by atoms with Gasteiger partial charge < -0.3 is 15.2 Å². The molecule has 1 aromatic carbocycles. The minimum Gasteiger partial charge on any atom is -0.465 e. The molecule has 6 heteroatoms. The van der Waals surface area contributed by atoms with Crippen LogP contribution in [-0.2, 0) is 9.47 Å². The molecule has 0 aliphatic rings. The number of nitrogens with two attached hydrogens (primary N) is 1. The molecule has 2 rings (SSSR count). The van der Waals surface area contributed by atoms with Crippen LogP contribution in [0.1, 0.15) is 27.6 Å². The van der Waals surface area contributed by atoms with Crippen LogP contribution in [0.4, 0.5) is 5.82 Å². The van der Waals surface area contributed by atoms with Crippen LogP contribution in [0.25, 0.3) is 11.3 Å². The number of aromatic nitrogens is 1. The van der Waals surface area contributed by atoms with E-state index in [-0.39, 0.29) is 17.1 Å². The number of nitrogen functional groups attached to an aromatic ring is 1. The Morgan fingerprint density at radius 1 is 1.17 bits per heavy atom. The third-order valence-corrected chi connectivity index (χ3v) is 2.96. The SMILES string of the molecule is C=C(C)OC(=O)c1cccc(-c2nc(N)ccc2C(=O)OC)c1. The van der Waals surface area contributed by atoms with E-state index < -0.39 is 11.9 Å². The molecule has 0 unspecified atom stereocenters. The van der Waals surface area contributed by atoms with Crippen molar-refractivity contribution in [2.75, 3.05) is 12.8 Å². The molecule has 0 saturated carbocycles. The number of esters is 2. The summed E-state index contributed by atoms with van der Waals surface area (Å²) in [6.07, 6.45) is 0. The average Bonchev–Trinajstić information content (AvgIpc) is 2.53. The number of carbonyl (C=O) groups is 2. The molecule has 0 atom stereocenters. The van der Waals surface area contributed by atoms with Crippen LogP contribution >= 0.6 is 0 Å². The molecule has 2 N–H and O–H groups in total. The fraction of sp³-hybridized carbons (Fsp3) is 0.118. The quantitative estimate of drug-likeness (QED) is 0.689. The van der Waals surface area contributed by atoms with Crippen LogP contribution < -0.4 is 5.73 Å². The van der Waals surface area contributed by atoms with Crippen molar-refractivity contribution in [2.24, 2.45) is 0 Å². The van der Waals surface area contributed by atoms with Gasteiger partial charge in [-0.1, -0.05) is 18.7 Å². The molecule has 0 saturated heterocycles. The molecule has 118 valence electrons. The molecule has 0 bridgehead atoms. The van der Waals surface area contributed by atoms with Crippen molar-refractivity contribution in [1.29, 1.82) is 0 Å². The Balaban J connectivity index is 2.50. The number of anilines is 1. The molecule has 0 spiro atoms. The normalized spacial score (nSPS) is 10.0. The number of rotatable bonds is 4. The molecular weight excluding hydrogens is 296 g/mol. The maximum Gasteiger partial charge on any atom is 0.343 e. The molecule has 0 aliphatic heterocycles. The van der Waals surface area contributed by atoms with Crippen molar-refractivity contribution >= 4 is 17.8 Å². The fourth-order valence-corrected chi connectivity index (χ4v) is 1.98. The van der Waals surface area contributed by atoms with Crippen molar-refractivity contribution < 1.29 is 19.1 Å². The van der Waals surface area contributed by atoms with Gasteiger partial charge in [0.05, 0.1) is 29.7 Å². The summed E-state index contributed by atoms with van der Waals surface area (Å²) in [5.74, 6) is -0.536. The maximum atomic E-state index is 12.0. The van der Waals surface area contributed by atoms with Crippen molar-refractivity contribution in [1.82, 2.24) is 4.98 Å². The molecule has 6 nitrogen and oxygen atoms in total. The second-order valence-electron chi connectivity index (χ2n) is 4.80. The Hall–Kier alpha value is -3.15. The monoisotopic (exact) mass is 312 g/mol. The highest BCUT2D eigenvalue weighted by Crippen LogP contribution is 2.25. The lowest BCUT2D eigenvalue weighted by Crippen LogP contribution is -2.07. The summed E-state index contributed by atoms with van der Waals surface area (Å²) in [7, 11) is 1.28. The van der Waals surface area contributed by atoms with Gasteiger partial charge in [0.2, 0.25) is 0 Å². The van der Waals surface area contributed by atoms with Crippen molar-refractivity contribution in [3.05, 3.63) is 59.9 Å². The zero-order chi connectivity index (χ0) is 17.0. The van der Waals surface area contributed by atoms with E-state index >= 15 is 0 Å². The first-order valence-corrected chi connectivity index (χ1v) is 6.75. The van der Waals surface area contributed by atoms with E-state index in [1.165, 1.54) is 19.2 Å². The first kappa shape index (κ1) is 16.2. The van der Waals surface area contributed by atoms with Crippen LogP contribution in [0.15, 0.2) is 48.7 Å². The lowest BCUT2D eigenvalue weighted by atomic mass is 10.0. The number of carbonyl (C=O) groups excluding carboxylic acids is 2. The molecule has 0 amide bonds. The molecule has 0 fully saturated rings. The molecule has 0 radical (unpaired) electrons. The zero-order valence-electron chi connectivity index (χ0n) is 12.8. The Morgan fingerprint density at radius 2 is 1.91 bits per heavy atom. The highest BCUT2D eigenvalue weighted by atomic mass is 16.5. The van der Waals surface area contributed by atoms with E-state index in [2.05, 4.69) is 11.6 Å². The maximum absolute atomic E-state index is 12.0. The highest BCUT2D eigenvalue weighted by Gasteiger charge is 2.17. The van der Waals surface area contributed by atoms with Crippen molar-refractivity contribution in [3.63, 3.8) is 0 Å². The number of benzene rings is 1. The molecule has 1 aromatic heterocycles. The second kappa shape index (κ2) is 6.74. The Bertz CT molecular complexity index is 784. The summed E-state index contributed by atoms with van der Waals surface area (Å²) in [6, 6.07) is 9.58. The number of hydrogen-bond acceptors (Lipinski definition) is 6. The molecular formula is C17H16N2O4. The first-order valence-electron chi connectivity index (χ1n) is 6.75. The number of ether oxygens (including phenoxy) is 2. The van der Waals surface area contributed by atoms with E-state index in [1.807, 2.05) is 0 Å². The summed E-state index contributed by atoms with van der Waals surface area (Å²) in [6.45, 7) is 5.11. The van der Waals surface area contributed by atoms with Gasteiger partial charge in [-0.3, -0.25) is 0 Å². The number of hydrogen-bond donors (Lipinski definition) is 1. The molecule has 23 heavy (non-hydrogen) atoms. The summed E-state index contributed by atoms with van der Waals surface area (Å²) in [4.78, 5) is 28.0. The van der Waals surface area contributed by atoms with Crippen LogP contribution in [0.5, 0.6) is 0 Å². The minimum atomic E-state index is -0.539. The largest absolute Gasteiger partial charge is 0.465 e. The Morgan fingerprint density at radius 3 is 2.57 bits per heavy atom. The van der Waals surface area contributed by atoms with E-state index in [4.69, 9.17) is 15.2 Å². The van der Waals surface area contributed by atoms with Crippen molar-refractivity contribution in [2.45, 2.75) is 6.92 Å². The van der Waals surface area contributed by atoms with Crippen LogP contribution in [0.2, 0.25) is 0 Å². The molecule has 1 heterocycles. The Kier molecular flexibility index (Phi) is 4.75. The van der Waals surface area contributed by atoms with Gasteiger partial charge in [-0.25, -0.2) is 14.6 Å². The predicted octanol–water partition coefficient (Wildman–Crippen LogP) is 2.81. The van der Waals surface area contributed by atoms with Gasteiger partial charge >= 0.3 is 11.9 Å². The van der Waals surface area contributed by atoms with Crippen LogP contribution in [0.3, 0.4) is 0 Å². The first-order chi connectivity index (χ1) is 10.9. The average molecular weight is 312 g/mol. The minimum absolute atomic E-state index is 0.252. The van der Waals surface area contributed by atoms with E-state index in [0.29, 0.717) is 16.8 Å². The fourth-order valence-electron chi connectivity index (χ4n) is 1.98. The van der Waals surface area contributed by atoms with Gasteiger partial charge in [-0.05, 0) is 31.2 Å². The predicted molar refractivity (Wildman–Crippen MR) is 85.7 cm³/mol. The van der Waals surface area contributed by atoms with Crippen LogP contribution in [-0.4, -0.2) is 24.0 Å². The van der Waals surface area contributed by atoms with E-state index in [1.54, 1.807) is 31.2 Å². The Labute approximate surface area is 133 Å². The zero-order valence-corrected chi connectivity index (χ0v) is 12.8. The highest BCUT2D eigenvalue weighted by molar-refractivity contribution is 5.97. The van der Waals surface area contributed by atoms with Crippen LogP contribution in [0, 0.1) is 0 Å². The number of methoxy groups -OCH3 is 1. The van der Waals surface area contributed by atoms with E-state index in [9.17, 15) is 9.59 Å². The third kappa shape index (κ3) is 3.74. The topological polar surface area (TPSA) is 91.5 Å². The van der Waals surface area contributed by atoms with Gasteiger partial charge in [0.1, 0.15) is 5.82 Å². The summed E-state index contributed by atoms with van der Waals surface area (Å²) in [5.41, 5.74) is 7.16. The van der Waals surface area contributed by atoms with Gasteiger partial charge in [0.15, 0.2) is 0 Å². The van der Waals surface area contributed by atoms with Gasteiger partial charge in [-0.15, -0.1) is 0 Å². The van der Waals surface area contributed by atoms with Gasteiger partial charge in [0, 0.05) is 5.56 Å². The number of nitrogens with zero attached hydrogens (tertiary/aromatic N) is 1. The second-order valence-corrected chi connectivity index (χ2v) is 4.80. The lowest BCUT2D eigenvalue weighted by Gasteiger charge is -2.09. The standard InChI is InChI=1S/C17H16N2O4/c1-10(2)23-16(20)12-6-4-5-11(9-12)15-13(17(21)22-3)7-8-14(18)19-15/h4-9H,1H2,2-3H3,(H2,18,19). The summed E-state index contributed by atoms with van der Waals surface area (Å²) in [5, 5.41) is 0. The van der Waals surface area contributed by atoms with Gasteiger partial charge in [-0.2, -0.15) is 0 Å². The van der Waals surface area contributed by atoms with E-state index in [0.717, 1.165) is 0 Å².